The van der Waals surface area contributed by atoms with Crippen LogP contribution in [0.1, 0.15) is 24.1 Å². The van der Waals surface area contributed by atoms with Crippen LogP contribution in [-0.2, 0) is 26.5 Å². The Morgan fingerprint density at radius 1 is 1.20 bits per heavy atom. The fourth-order valence-corrected chi connectivity index (χ4v) is 4.62. The molecule has 2 fully saturated rings. The summed E-state index contributed by atoms with van der Waals surface area (Å²) in [5.74, 6) is 0.440. The van der Waals surface area contributed by atoms with E-state index in [0.29, 0.717) is 50.8 Å². The zero-order valence-corrected chi connectivity index (χ0v) is 17.4. The lowest BCUT2D eigenvalue weighted by atomic mass is 10.0. The van der Waals surface area contributed by atoms with Crippen molar-refractivity contribution in [3.63, 3.8) is 0 Å². The Labute approximate surface area is 174 Å². The summed E-state index contributed by atoms with van der Waals surface area (Å²) in [4.78, 5) is 15.0. The van der Waals surface area contributed by atoms with Crippen molar-refractivity contribution >= 4 is 22.6 Å². The second-order valence-corrected chi connectivity index (χ2v) is 9.04. The van der Waals surface area contributed by atoms with Crippen molar-refractivity contribution in [3.05, 3.63) is 29.6 Å². The minimum absolute atomic E-state index is 0.113. The Morgan fingerprint density at radius 2 is 1.90 bits per heavy atom. The summed E-state index contributed by atoms with van der Waals surface area (Å²) in [6.45, 7) is 2.04. The highest BCUT2D eigenvalue weighted by Crippen LogP contribution is 2.51. The number of pyridine rings is 1. The smallest absolute Gasteiger partial charge is 0.378 e. The van der Waals surface area contributed by atoms with Crippen molar-refractivity contribution in [2.24, 2.45) is 0 Å². The Bertz CT molecular complexity index is 975. The number of morpholine rings is 1. The van der Waals surface area contributed by atoms with E-state index in [1.165, 1.54) is 19.3 Å². The number of nitrogens with zero attached hydrogens (tertiary/aromatic N) is 4. The molecule has 30 heavy (non-hydrogen) atoms. The molecule has 162 valence electrons. The van der Waals surface area contributed by atoms with Crippen LogP contribution in [0.2, 0.25) is 0 Å². The molecule has 11 heteroatoms. The van der Waals surface area contributed by atoms with E-state index in [9.17, 15) is 17.4 Å². The third kappa shape index (κ3) is 3.87. The molecule has 1 saturated carbocycles. The Hall–Kier alpha value is -2.27. The van der Waals surface area contributed by atoms with Crippen molar-refractivity contribution in [3.8, 4) is 11.3 Å². The van der Waals surface area contributed by atoms with E-state index in [4.69, 9.17) is 4.74 Å². The molecule has 1 aliphatic heterocycles. The highest BCUT2D eigenvalue weighted by atomic mass is 32.2. The number of anilines is 2. The molecule has 0 radical (unpaired) electrons. The average Bonchev–Trinajstić information content (AvgIpc) is 3.55. The van der Waals surface area contributed by atoms with E-state index < -0.39 is 27.3 Å². The lowest BCUT2D eigenvalue weighted by Gasteiger charge is -2.28. The van der Waals surface area contributed by atoms with Gasteiger partial charge in [0, 0.05) is 49.0 Å². The van der Waals surface area contributed by atoms with Gasteiger partial charge in [0.05, 0.1) is 34.9 Å². The number of ether oxygens (including phenoxy) is 1. The standard InChI is InChI=1S/C19H22F3N5O2S/c1-23-16-9-13(19(20,21)22)12(11-24-16)14-10-15(18(3-4-18)30(2)28)26-17(25-14)27-5-7-29-8-6-27/h9-11H,3-8H2,1-2H3,(H,23,24). The zero-order valence-electron chi connectivity index (χ0n) is 16.6. The van der Waals surface area contributed by atoms with Gasteiger partial charge in [0.2, 0.25) is 5.95 Å². The lowest BCUT2D eigenvalue weighted by Crippen LogP contribution is -2.37. The van der Waals surface area contributed by atoms with Gasteiger partial charge in [-0.1, -0.05) is 0 Å². The van der Waals surface area contributed by atoms with E-state index in [1.54, 1.807) is 6.26 Å². The first kappa shape index (κ1) is 21.0. The van der Waals surface area contributed by atoms with E-state index in [1.807, 2.05) is 4.90 Å². The topological polar surface area (TPSA) is 80.2 Å². The fraction of sp³-hybridized carbons (Fsp3) is 0.526. The molecule has 2 aromatic rings. The molecule has 1 N–H and O–H groups in total. The van der Waals surface area contributed by atoms with Crippen LogP contribution in [0, 0.1) is 0 Å². The Morgan fingerprint density at radius 3 is 2.47 bits per heavy atom. The van der Waals surface area contributed by atoms with Crippen LogP contribution >= 0.6 is 0 Å². The molecule has 1 atom stereocenters. The fourth-order valence-electron chi connectivity index (χ4n) is 3.55. The van der Waals surface area contributed by atoms with Gasteiger partial charge in [0.15, 0.2) is 0 Å². The van der Waals surface area contributed by atoms with Crippen LogP contribution in [0.5, 0.6) is 0 Å². The van der Waals surface area contributed by atoms with Gasteiger partial charge in [-0.15, -0.1) is 0 Å². The summed E-state index contributed by atoms with van der Waals surface area (Å²) in [5.41, 5.74) is -0.319. The molecule has 1 saturated heterocycles. The van der Waals surface area contributed by atoms with Gasteiger partial charge in [-0.05, 0) is 25.0 Å². The second-order valence-electron chi connectivity index (χ2n) is 7.35. The normalized spacial score (nSPS) is 19.4. The van der Waals surface area contributed by atoms with E-state index >= 15 is 0 Å². The van der Waals surface area contributed by atoms with Gasteiger partial charge in [0.1, 0.15) is 5.82 Å². The van der Waals surface area contributed by atoms with Gasteiger partial charge in [-0.2, -0.15) is 13.2 Å². The highest BCUT2D eigenvalue weighted by Gasteiger charge is 2.50. The molecule has 0 aromatic carbocycles. The number of halogens is 3. The van der Waals surface area contributed by atoms with Crippen LogP contribution in [0.15, 0.2) is 18.3 Å². The maximum absolute atomic E-state index is 13.8. The molecule has 1 unspecified atom stereocenters. The van der Waals surface area contributed by atoms with Crippen molar-refractivity contribution < 1.29 is 22.1 Å². The van der Waals surface area contributed by atoms with Gasteiger partial charge >= 0.3 is 6.18 Å². The number of hydrogen-bond donors (Lipinski definition) is 1. The predicted octanol–water partition coefficient (Wildman–Crippen LogP) is 2.80. The summed E-state index contributed by atoms with van der Waals surface area (Å²) in [7, 11) is 0.306. The van der Waals surface area contributed by atoms with Crippen molar-refractivity contribution in [2.45, 2.75) is 23.8 Å². The van der Waals surface area contributed by atoms with Crippen molar-refractivity contribution in [2.75, 3.05) is 49.8 Å². The SMILES string of the molecule is CNc1cc(C(F)(F)F)c(-c2cc(C3(S(C)=O)CC3)nc(N3CCOCC3)n2)cn1. The second kappa shape index (κ2) is 7.77. The van der Waals surface area contributed by atoms with Crippen molar-refractivity contribution in [1.29, 1.82) is 0 Å². The summed E-state index contributed by atoms with van der Waals surface area (Å²) in [6, 6.07) is 2.50. The van der Waals surface area contributed by atoms with Crippen LogP contribution in [0.4, 0.5) is 24.9 Å². The molecule has 0 bridgehead atoms. The molecule has 1 aliphatic carbocycles. The zero-order chi connectivity index (χ0) is 21.5. The Kier molecular flexibility index (Phi) is 5.43. The summed E-state index contributed by atoms with van der Waals surface area (Å²) >= 11 is 0. The van der Waals surface area contributed by atoms with Gasteiger partial charge in [0.25, 0.3) is 0 Å². The van der Waals surface area contributed by atoms with Crippen LogP contribution < -0.4 is 10.2 Å². The molecule has 4 rings (SSSR count). The third-order valence-corrected chi connectivity index (χ3v) is 7.19. The summed E-state index contributed by atoms with van der Waals surface area (Å²) in [6.07, 6.45) is -0.449. The minimum Gasteiger partial charge on any atom is -0.378 e. The predicted molar refractivity (Wildman–Crippen MR) is 108 cm³/mol. The maximum atomic E-state index is 13.8. The van der Waals surface area contributed by atoms with Crippen LogP contribution in [0.25, 0.3) is 11.3 Å². The van der Waals surface area contributed by atoms with Crippen molar-refractivity contribution in [1.82, 2.24) is 15.0 Å². The first-order valence-electron chi connectivity index (χ1n) is 9.56. The van der Waals surface area contributed by atoms with E-state index in [0.717, 1.165) is 6.07 Å². The highest BCUT2D eigenvalue weighted by molar-refractivity contribution is 7.85. The maximum Gasteiger partial charge on any atom is 0.417 e. The Balaban J connectivity index is 1.89. The summed E-state index contributed by atoms with van der Waals surface area (Å²) in [5, 5.41) is 2.64. The number of aromatic nitrogens is 3. The lowest BCUT2D eigenvalue weighted by molar-refractivity contribution is -0.137. The largest absolute Gasteiger partial charge is 0.417 e. The number of hydrogen-bond acceptors (Lipinski definition) is 7. The molecule has 3 heterocycles. The quantitative estimate of drug-likeness (QED) is 0.764. The molecule has 2 aromatic heterocycles. The van der Waals surface area contributed by atoms with Gasteiger partial charge in [-0.3, -0.25) is 4.21 Å². The number of alkyl halides is 3. The van der Waals surface area contributed by atoms with Gasteiger partial charge in [-0.25, -0.2) is 15.0 Å². The molecular formula is C19H22F3N5O2S. The monoisotopic (exact) mass is 441 g/mol. The van der Waals surface area contributed by atoms with E-state index in [2.05, 4.69) is 20.3 Å². The molecule has 0 spiro atoms. The molecule has 7 nitrogen and oxygen atoms in total. The van der Waals surface area contributed by atoms with Gasteiger partial charge < -0.3 is 15.0 Å². The first-order chi connectivity index (χ1) is 14.2. The summed E-state index contributed by atoms with van der Waals surface area (Å²) < 4.78 is 58.5. The molecular weight excluding hydrogens is 419 g/mol. The first-order valence-corrected chi connectivity index (χ1v) is 11.1. The van der Waals surface area contributed by atoms with Crippen LogP contribution in [0.3, 0.4) is 0 Å². The third-order valence-electron chi connectivity index (χ3n) is 5.47. The van der Waals surface area contributed by atoms with Crippen LogP contribution in [-0.4, -0.2) is 58.8 Å². The molecule has 0 amide bonds. The van der Waals surface area contributed by atoms with E-state index in [-0.39, 0.29) is 17.1 Å². The molecule has 2 aliphatic rings. The number of rotatable bonds is 5. The number of nitrogens with one attached hydrogen (secondary N) is 1. The average molecular weight is 441 g/mol. The minimum atomic E-state index is -4.58.